The average Bonchev–Trinajstić information content (AvgIpc) is 2.84. The minimum Gasteiger partial charge on any atom is -0.493 e. The Morgan fingerprint density at radius 2 is 2.12 bits per heavy atom. The van der Waals surface area contributed by atoms with Crippen molar-refractivity contribution in [3.63, 3.8) is 0 Å². The molecule has 0 spiro atoms. The number of carboxylic acid groups (broad SMARTS) is 1. The zero-order chi connectivity index (χ0) is 19.3. The van der Waals surface area contributed by atoms with Gasteiger partial charge in [-0.1, -0.05) is 43.9 Å². The molecule has 8 heteroatoms. The van der Waals surface area contributed by atoms with Crippen LogP contribution in [-0.4, -0.2) is 46.5 Å². The number of aliphatic carboxylic acids is 1. The first-order valence-corrected chi connectivity index (χ1v) is 9.32. The topological polar surface area (TPSA) is 76.1 Å². The van der Waals surface area contributed by atoms with Gasteiger partial charge in [-0.3, -0.25) is 14.5 Å². The van der Waals surface area contributed by atoms with Crippen molar-refractivity contribution in [2.24, 2.45) is 5.92 Å². The fourth-order valence-electron chi connectivity index (χ4n) is 2.20. The van der Waals surface area contributed by atoms with Crippen molar-refractivity contribution in [1.82, 2.24) is 4.90 Å². The Morgan fingerprint density at radius 1 is 1.38 bits per heavy atom. The fraction of sp³-hybridized carbons (Fsp3) is 0.389. The lowest BCUT2D eigenvalue weighted by Gasteiger charge is -2.13. The maximum Gasteiger partial charge on any atom is 0.305 e. The second-order valence-corrected chi connectivity index (χ2v) is 7.77. The molecule has 1 aromatic carbocycles. The molecule has 1 fully saturated rings. The molecule has 1 heterocycles. The highest BCUT2D eigenvalue weighted by molar-refractivity contribution is 8.26. The Labute approximate surface area is 162 Å². The Morgan fingerprint density at radius 3 is 2.73 bits per heavy atom. The number of hydrogen-bond donors (Lipinski definition) is 1. The summed E-state index contributed by atoms with van der Waals surface area (Å²) in [5.41, 5.74) is 0.781. The lowest BCUT2D eigenvalue weighted by molar-refractivity contribution is -0.137. The summed E-state index contributed by atoms with van der Waals surface area (Å²) in [5, 5.41) is 8.79. The smallest absolute Gasteiger partial charge is 0.305 e. The van der Waals surface area contributed by atoms with E-state index in [2.05, 4.69) is 13.8 Å². The van der Waals surface area contributed by atoms with E-state index in [4.69, 9.17) is 26.8 Å². The number of methoxy groups -OCH3 is 1. The summed E-state index contributed by atoms with van der Waals surface area (Å²) in [4.78, 5) is 25.0. The number of thioether (sulfide) groups is 1. The third-order valence-corrected chi connectivity index (χ3v) is 4.86. The van der Waals surface area contributed by atoms with Gasteiger partial charge in [-0.2, -0.15) is 0 Å². The van der Waals surface area contributed by atoms with Crippen molar-refractivity contribution in [2.75, 3.05) is 20.3 Å². The zero-order valence-corrected chi connectivity index (χ0v) is 16.5. The van der Waals surface area contributed by atoms with E-state index < -0.39 is 5.97 Å². The first-order chi connectivity index (χ1) is 12.3. The quantitative estimate of drug-likeness (QED) is 0.534. The van der Waals surface area contributed by atoms with E-state index in [1.54, 1.807) is 19.3 Å². The Bertz CT molecular complexity index is 745. The molecule has 0 atom stereocenters. The third-order valence-electron chi connectivity index (χ3n) is 3.48. The predicted octanol–water partition coefficient (Wildman–Crippen LogP) is 3.41. The minimum atomic E-state index is -0.967. The standard InChI is InChI=1S/C18H21NO5S2/c1-11(2)10-24-14-8-12(4-5-13(14)23-3)9-15-17(22)19(18(25)26-15)7-6-16(20)21/h4-5,8-9,11H,6-7,10H2,1-3H3,(H,20,21)/b15-9-. The molecule has 1 aromatic rings. The molecule has 1 saturated heterocycles. The van der Waals surface area contributed by atoms with Gasteiger partial charge in [0.05, 0.1) is 25.0 Å². The van der Waals surface area contributed by atoms with E-state index in [1.165, 1.54) is 16.7 Å². The van der Waals surface area contributed by atoms with Crippen LogP contribution in [0.2, 0.25) is 0 Å². The number of carboxylic acids is 1. The molecule has 1 N–H and O–H groups in total. The molecular formula is C18H21NO5S2. The van der Waals surface area contributed by atoms with E-state index in [-0.39, 0.29) is 18.9 Å². The molecule has 26 heavy (non-hydrogen) atoms. The maximum absolute atomic E-state index is 12.5. The maximum atomic E-state index is 12.5. The Balaban J connectivity index is 2.20. The predicted molar refractivity (Wildman–Crippen MR) is 105 cm³/mol. The summed E-state index contributed by atoms with van der Waals surface area (Å²) in [6.07, 6.45) is 1.58. The van der Waals surface area contributed by atoms with Gasteiger partial charge < -0.3 is 14.6 Å². The van der Waals surface area contributed by atoms with Crippen LogP contribution in [0.3, 0.4) is 0 Å². The van der Waals surface area contributed by atoms with Gasteiger partial charge in [0, 0.05) is 6.54 Å². The molecular weight excluding hydrogens is 374 g/mol. The molecule has 1 amide bonds. The average molecular weight is 396 g/mol. The summed E-state index contributed by atoms with van der Waals surface area (Å²) < 4.78 is 11.5. The molecule has 0 unspecified atom stereocenters. The molecule has 6 nitrogen and oxygen atoms in total. The number of hydrogen-bond acceptors (Lipinski definition) is 6. The highest BCUT2D eigenvalue weighted by atomic mass is 32.2. The molecule has 0 aliphatic carbocycles. The summed E-state index contributed by atoms with van der Waals surface area (Å²) in [6.45, 7) is 4.73. The summed E-state index contributed by atoms with van der Waals surface area (Å²) in [6, 6.07) is 5.42. The van der Waals surface area contributed by atoms with Gasteiger partial charge in [-0.25, -0.2) is 0 Å². The van der Waals surface area contributed by atoms with E-state index in [9.17, 15) is 9.59 Å². The van der Waals surface area contributed by atoms with Crippen LogP contribution >= 0.6 is 24.0 Å². The molecule has 2 rings (SSSR count). The molecule has 1 aliphatic rings. The van der Waals surface area contributed by atoms with Crippen LogP contribution in [0.1, 0.15) is 25.8 Å². The largest absolute Gasteiger partial charge is 0.493 e. The monoisotopic (exact) mass is 395 g/mol. The first-order valence-electron chi connectivity index (χ1n) is 8.09. The second kappa shape index (κ2) is 9.05. The van der Waals surface area contributed by atoms with Crippen molar-refractivity contribution in [3.05, 3.63) is 28.7 Å². The Kier molecular flexibility index (Phi) is 7.05. The fourth-order valence-corrected chi connectivity index (χ4v) is 3.51. The molecule has 140 valence electrons. The second-order valence-electron chi connectivity index (χ2n) is 6.09. The van der Waals surface area contributed by atoms with E-state index >= 15 is 0 Å². The number of amides is 1. The summed E-state index contributed by atoms with van der Waals surface area (Å²) >= 11 is 6.35. The van der Waals surface area contributed by atoms with E-state index in [0.717, 1.165) is 5.56 Å². The van der Waals surface area contributed by atoms with Gasteiger partial charge in [0.1, 0.15) is 4.32 Å². The van der Waals surface area contributed by atoms with Crippen LogP contribution < -0.4 is 9.47 Å². The number of benzene rings is 1. The van der Waals surface area contributed by atoms with Gasteiger partial charge in [0.2, 0.25) is 0 Å². The van der Waals surface area contributed by atoms with Gasteiger partial charge >= 0.3 is 5.97 Å². The minimum absolute atomic E-state index is 0.0721. The van der Waals surface area contributed by atoms with Crippen molar-refractivity contribution < 1.29 is 24.2 Å². The molecule has 0 bridgehead atoms. The van der Waals surface area contributed by atoms with Gasteiger partial charge in [0.15, 0.2) is 11.5 Å². The van der Waals surface area contributed by atoms with Crippen molar-refractivity contribution in [1.29, 1.82) is 0 Å². The van der Waals surface area contributed by atoms with E-state index in [0.29, 0.717) is 33.2 Å². The van der Waals surface area contributed by atoms with Gasteiger partial charge in [0.25, 0.3) is 5.91 Å². The number of ether oxygens (including phenoxy) is 2. The number of nitrogens with zero attached hydrogens (tertiary/aromatic N) is 1. The Hall–Kier alpha value is -2.06. The van der Waals surface area contributed by atoms with Crippen molar-refractivity contribution in [3.8, 4) is 11.5 Å². The van der Waals surface area contributed by atoms with Crippen LogP contribution in [0.25, 0.3) is 6.08 Å². The van der Waals surface area contributed by atoms with Crippen molar-refractivity contribution in [2.45, 2.75) is 20.3 Å². The van der Waals surface area contributed by atoms with Crippen LogP contribution in [0.4, 0.5) is 0 Å². The zero-order valence-electron chi connectivity index (χ0n) is 14.9. The van der Waals surface area contributed by atoms with Crippen LogP contribution in [-0.2, 0) is 9.59 Å². The first kappa shape index (κ1) is 20.3. The van der Waals surface area contributed by atoms with Gasteiger partial charge in [-0.05, 0) is 29.7 Å². The number of thiocarbonyl (C=S) groups is 1. The lowest BCUT2D eigenvalue weighted by atomic mass is 10.1. The number of rotatable bonds is 8. The van der Waals surface area contributed by atoms with E-state index in [1.807, 2.05) is 12.1 Å². The van der Waals surface area contributed by atoms with Gasteiger partial charge in [-0.15, -0.1) is 0 Å². The highest BCUT2D eigenvalue weighted by Gasteiger charge is 2.32. The SMILES string of the molecule is COc1ccc(/C=C2\SC(=S)N(CCC(=O)O)C2=O)cc1OCC(C)C. The third kappa shape index (κ3) is 5.22. The lowest BCUT2D eigenvalue weighted by Crippen LogP contribution is -2.30. The van der Waals surface area contributed by atoms with Crippen LogP contribution in [0.15, 0.2) is 23.1 Å². The van der Waals surface area contributed by atoms with Crippen LogP contribution in [0.5, 0.6) is 11.5 Å². The highest BCUT2D eigenvalue weighted by Crippen LogP contribution is 2.35. The molecule has 0 saturated carbocycles. The molecule has 1 aliphatic heterocycles. The normalized spacial score (nSPS) is 15.8. The number of carbonyl (C=O) groups is 2. The van der Waals surface area contributed by atoms with Crippen molar-refractivity contribution >= 4 is 46.3 Å². The summed E-state index contributed by atoms with van der Waals surface area (Å²) in [7, 11) is 1.57. The molecule has 0 aromatic heterocycles. The summed E-state index contributed by atoms with van der Waals surface area (Å²) in [5.74, 6) is 0.355. The molecule has 0 radical (unpaired) electrons. The number of carbonyl (C=O) groups excluding carboxylic acids is 1. The van der Waals surface area contributed by atoms with Crippen LogP contribution in [0, 0.1) is 5.92 Å².